The van der Waals surface area contributed by atoms with Gasteiger partial charge in [-0.2, -0.15) is 0 Å². The van der Waals surface area contributed by atoms with Crippen LogP contribution in [0.1, 0.15) is 46.5 Å². The predicted molar refractivity (Wildman–Crippen MR) is 62.5 cm³/mol. The summed E-state index contributed by atoms with van der Waals surface area (Å²) in [6.07, 6.45) is 3.95. The Morgan fingerprint density at radius 3 is 2.47 bits per heavy atom. The van der Waals surface area contributed by atoms with Crippen LogP contribution in [0.25, 0.3) is 0 Å². The molecule has 1 aliphatic rings. The zero-order chi connectivity index (χ0) is 11.5. The van der Waals surface area contributed by atoms with Crippen molar-refractivity contribution in [3.8, 4) is 0 Å². The minimum Gasteiger partial charge on any atom is -0.343 e. The van der Waals surface area contributed by atoms with Gasteiger partial charge in [-0.3, -0.25) is 4.79 Å². The van der Waals surface area contributed by atoms with E-state index in [1.807, 2.05) is 25.7 Å². The minimum absolute atomic E-state index is 0.228. The van der Waals surface area contributed by atoms with Gasteiger partial charge in [0, 0.05) is 25.0 Å². The number of rotatable bonds is 6. The Labute approximate surface area is 93.0 Å². The van der Waals surface area contributed by atoms with E-state index in [9.17, 15) is 4.79 Å². The average molecular weight is 212 g/mol. The molecule has 0 saturated heterocycles. The third kappa shape index (κ3) is 5.17. The molecule has 3 nitrogen and oxygen atoms in total. The van der Waals surface area contributed by atoms with E-state index in [4.69, 9.17) is 5.73 Å². The molecule has 0 spiro atoms. The van der Waals surface area contributed by atoms with Crippen molar-refractivity contribution in [2.24, 2.45) is 11.7 Å². The Kier molecular flexibility index (Phi) is 4.14. The first-order valence-corrected chi connectivity index (χ1v) is 5.99. The lowest BCUT2D eigenvalue weighted by Gasteiger charge is -2.23. The quantitative estimate of drug-likeness (QED) is 0.729. The van der Waals surface area contributed by atoms with E-state index in [0.29, 0.717) is 6.42 Å². The van der Waals surface area contributed by atoms with Crippen molar-refractivity contribution in [1.29, 1.82) is 0 Å². The molecule has 2 N–H and O–H groups in total. The maximum atomic E-state index is 11.9. The van der Waals surface area contributed by atoms with Gasteiger partial charge in [-0.1, -0.05) is 0 Å². The normalized spacial score (nSPS) is 16.5. The molecule has 0 atom stereocenters. The summed E-state index contributed by atoms with van der Waals surface area (Å²) >= 11 is 0. The first-order valence-electron chi connectivity index (χ1n) is 5.99. The first kappa shape index (κ1) is 12.5. The standard InChI is InChI=1S/C12H24N2O/c1-4-14(9-10-5-6-10)11(15)7-8-12(2,3)13/h10H,4-9,13H2,1-3H3. The van der Waals surface area contributed by atoms with Crippen molar-refractivity contribution in [2.75, 3.05) is 13.1 Å². The number of hydrogen-bond donors (Lipinski definition) is 1. The maximum Gasteiger partial charge on any atom is 0.222 e. The van der Waals surface area contributed by atoms with Crippen LogP contribution in [0.15, 0.2) is 0 Å². The summed E-state index contributed by atoms with van der Waals surface area (Å²) in [5.41, 5.74) is 5.64. The molecule has 88 valence electrons. The summed E-state index contributed by atoms with van der Waals surface area (Å²) in [5, 5.41) is 0. The summed E-state index contributed by atoms with van der Waals surface area (Å²) < 4.78 is 0. The van der Waals surface area contributed by atoms with Gasteiger partial charge in [0.2, 0.25) is 5.91 Å². The van der Waals surface area contributed by atoms with Crippen LogP contribution in [-0.4, -0.2) is 29.4 Å². The second-order valence-corrected chi connectivity index (χ2v) is 5.36. The monoisotopic (exact) mass is 212 g/mol. The minimum atomic E-state index is -0.228. The van der Waals surface area contributed by atoms with Crippen LogP contribution in [0.5, 0.6) is 0 Å². The molecule has 1 fully saturated rings. The van der Waals surface area contributed by atoms with Crippen LogP contribution in [0.2, 0.25) is 0 Å². The fourth-order valence-corrected chi connectivity index (χ4v) is 1.61. The SMILES string of the molecule is CCN(CC1CC1)C(=O)CCC(C)(C)N. The lowest BCUT2D eigenvalue weighted by Crippen LogP contribution is -2.37. The van der Waals surface area contributed by atoms with Gasteiger partial charge in [-0.05, 0) is 46.0 Å². The van der Waals surface area contributed by atoms with Gasteiger partial charge >= 0.3 is 0 Å². The highest BCUT2D eigenvalue weighted by atomic mass is 16.2. The van der Waals surface area contributed by atoms with Crippen molar-refractivity contribution in [3.63, 3.8) is 0 Å². The molecule has 15 heavy (non-hydrogen) atoms. The summed E-state index contributed by atoms with van der Waals surface area (Å²) in [4.78, 5) is 13.8. The second-order valence-electron chi connectivity index (χ2n) is 5.36. The van der Waals surface area contributed by atoms with E-state index in [-0.39, 0.29) is 11.4 Å². The molecule has 1 rings (SSSR count). The van der Waals surface area contributed by atoms with Crippen LogP contribution in [0.4, 0.5) is 0 Å². The van der Waals surface area contributed by atoms with Crippen molar-refractivity contribution in [3.05, 3.63) is 0 Å². The van der Waals surface area contributed by atoms with Gasteiger partial charge in [0.15, 0.2) is 0 Å². The van der Waals surface area contributed by atoms with Crippen molar-refractivity contribution in [1.82, 2.24) is 4.90 Å². The van der Waals surface area contributed by atoms with E-state index in [1.54, 1.807) is 0 Å². The van der Waals surface area contributed by atoms with Crippen LogP contribution >= 0.6 is 0 Å². The molecular weight excluding hydrogens is 188 g/mol. The molecule has 1 amide bonds. The molecule has 0 radical (unpaired) electrons. The van der Waals surface area contributed by atoms with E-state index < -0.39 is 0 Å². The van der Waals surface area contributed by atoms with Crippen LogP contribution in [-0.2, 0) is 4.79 Å². The zero-order valence-electron chi connectivity index (χ0n) is 10.3. The Hall–Kier alpha value is -0.570. The Morgan fingerprint density at radius 2 is 2.07 bits per heavy atom. The predicted octanol–water partition coefficient (Wildman–Crippen LogP) is 1.76. The number of nitrogens with two attached hydrogens (primary N) is 1. The lowest BCUT2D eigenvalue weighted by atomic mass is 10.00. The maximum absolute atomic E-state index is 11.9. The van der Waals surface area contributed by atoms with E-state index in [2.05, 4.69) is 0 Å². The number of carbonyl (C=O) groups excluding carboxylic acids is 1. The van der Waals surface area contributed by atoms with Crippen molar-refractivity contribution < 1.29 is 4.79 Å². The molecule has 3 heteroatoms. The van der Waals surface area contributed by atoms with Crippen LogP contribution in [0.3, 0.4) is 0 Å². The van der Waals surface area contributed by atoms with Gasteiger partial charge in [0.25, 0.3) is 0 Å². The van der Waals surface area contributed by atoms with Gasteiger partial charge in [0.05, 0.1) is 0 Å². The first-order chi connectivity index (χ1) is 6.92. The number of nitrogens with zero attached hydrogens (tertiary/aromatic N) is 1. The van der Waals surface area contributed by atoms with E-state index in [1.165, 1.54) is 12.8 Å². The average Bonchev–Trinajstić information content (AvgIpc) is 2.92. The summed E-state index contributed by atoms with van der Waals surface area (Å²) in [5.74, 6) is 1.04. The fraction of sp³-hybridized carbons (Fsp3) is 0.917. The second kappa shape index (κ2) is 4.97. The number of hydrogen-bond acceptors (Lipinski definition) is 2. The molecule has 0 unspecified atom stereocenters. The molecule has 1 saturated carbocycles. The highest BCUT2D eigenvalue weighted by molar-refractivity contribution is 5.76. The van der Waals surface area contributed by atoms with Gasteiger partial charge in [-0.15, -0.1) is 0 Å². The molecule has 0 aromatic rings. The third-order valence-electron chi connectivity index (χ3n) is 2.89. The molecular formula is C12H24N2O. The summed E-state index contributed by atoms with van der Waals surface area (Å²) in [6, 6.07) is 0. The fourth-order valence-electron chi connectivity index (χ4n) is 1.61. The zero-order valence-corrected chi connectivity index (χ0v) is 10.3. The molecule has 0 aliphatic heterocycles. The number of carbonyl (C=O) groups is 1. The van der Waals surface area contributed by atoms with E-state index >= 15 is 0 Å². The van der Waals surface area contributed by atoms with E-state index in [0.717, 1.165) is 25.4 Å². The molecule has 0 aromatic heterocycles. The Bertz CT molecular complexity index is 216. The summed E-state index contributed by atoms with van der Waals surface area (Å²) in [6.45, 7) is 7.78. The topological polar surface area (TPSA) is 46.3 Å². The lowest BCUT2D eigenvalue weighted by molar-refractivity contribution is -0.131. The highest BCUT2D eigenvalue weighted by Gasteiger charge is 2.26. The molecule has 0 bridgehead atoms. The van der Waals surface area contributed by atoms with Crippen LogP contribution < -0.4 is 5.73 Å². The van der Waals surface area contributed by atoms with Gasteiger partial charge < -0.3 is 10.6 Å². The van der Waals surface area contributed by atoms with Crippen molar-refractivity contribution in [2.45, 2.75) is 52.0 Å². The smallest absolute Gasteiger partial charge is 0.222 e. The van der Waals surface area contributed by atoms with Crippen molar-refractivity contribution >= 4 is 5.91 Å². The highest BCUT2D eigenvalue weighted by Crippen LogP contribution is 2.29. The number of amides is 1. The Morgan fingerprint density at radius 1 is 1.47 bits per heavy atom. The van der Waals surface area contributed by atoms with Gasteiger partial charge in [-0.25, -0.2) is 0 Å². The molecule has 0 heterocycles. The third-order valence-corrected chi connectivity index (χ3v) is 2.89. The summed E-state index contributed by atoms with van der Waals surface area (Å²) in [7, 11) is 0. The van der Waals surface area contributed by atoms with Crippen LogP contribution in [0, 0.1) is 5.92 Å². The largest absolute Gasteiger partial charge is 0.343 e. The molecule has 0 aromatic carbocycles. The Balaban J connectivity index is 2.28. The molecule has 1 aliphatic carbocycles. The van der Waals surface area contributed by atoms with Gasteiger partial charge in [0.1, 0.15) is 0 Å².